The Morgan fingerprint density at radius 3 is 2.03 bits per heavy atom. The van der Waals surface area contributed by atoms with Gasteiger partial charge >= 0.3 is 6.03 Å². The maximum absolute atomic E-state index is 12.8. The van der Waals surface area contributed by atoms with Crippen LogP contribution < -0.4 is 29.7 Å². The van der Waals surface area contributed by atoms with Gasteiger partial charge in [0, 0.05) is 23.9 Å². The summed E-state index contributed by atoms with van der Waals surface area (Å²) in [5.41, 5.74) is 1.32. The number of carbonyl (C=O) groups is 3. The average molecular weight is 498 g/mol. The summed E-state index contributed by atoms with van der Waals surface area (Å²) in [5, 5.41) is 5.13. The van der Waals surface area contributed by atoms with Crippen LogP contribution in [0.2, 0.25) is 5.02 Å². The highest BCUT2D eigenvalue weighted by Crippen LogP contribution is 2.38. The second-order valence-electron chi connectivity index (χ2n) is 7.22. The number of nitrogens with one attached hydrogen (secondary N) is 2. The summed E-state index contributed by atoms with van der Waals surface area (Å²) in [6.45, 7) is 0. The van der Waals surface area contributed by atoms with Crippen molar-refractivity contribution in [1.29, 1.82) is 0 Å². The van der Waals surface area contributed by atoms with Crippen molar-refractivity contribution in [3.8, 4) is 17.2 Å². The van der Waals surface area contributed by atoms with Gasteiger partial charge in [-0.25, -0.2) is 4.79 Å². The number of anilines is 2. The summed E-state index contributed by atoms with van der Waals surface area (Å²) in [4.78, 5) is 39.3. The van der Waals surface area contributed by atoms with Crippen molar-refractivity contribution in [2.45, 2.75) is 0 Å². The largest absolute Gasteiger partial charge is 0.493 e. The van der Waals surface area contributed by atoms with E-state index >= 15 is 0 Å². The van der Waals surface area contributed by atoms with Crippen LogP contribution >= 0.6 is 11.6 Å². The molecule has 0 aliphatic rings. The topological polar surface area (TPSA) is 106 Å². The van der Waals surface area contributed by atoms with Gasteiger partial charge in [-0.3, -0.25) is 14.9 Å². The highest BCUT2D eigenvalue weighted by Gasteiger charge is 2.20. The lowest BCUT2D eigenvalue weighted by atomic mass is 10.1. The second-order valence-corrected chi connectivity index (χ2v) is 7.63. The minimum atomic E-state index is -0.783. The maximum atomic E-state index is 12.8. The monoisotopic (exact) mass is 497 g/mol. The fraction of sp³-hybridized carbons (Fsp3) is 0.160. The van der Waals surface area contributed by atoms with E-state index in [1.807, 2.05) is 6.07 Å². The van der Waals surface area contributed by atoms with Crippen LogP contribution in [0.4, 0.5) is 16.2 Å². The molecule has 2 N–H and O–H groups in total. The molecule has 0 spiro atoms. The third-order valence-corrected chi connectivity index (χ3v) is 5.36. The minimum Gasteiger partial charge on any atom is -0.493 e. The quantitative estimate of drug-likeness (QED) is 0.494. The lowest BCUT2D eigenvalue weighted by molar-refractivity contribution is 0.0964. The third-order valence-electron chi connectivity index (χ3n) is 5.04. The molecule has 3 rings (SSSR count). The SMILES string of the molecule is COc1cc(C(=O)NC(=O)Nc2ccc(Cl)c(N(C)C(=O)c3ccccc3)c2)cc(OC)c1OC. The Balaban J connectivity index is 1.75. The number of carbonyl (C=O) groups excluding carboxylic acids is 3. The Hall–Kier alpha value is -4.24. The molecule has 0 aliphatic heterocycles. The van der Waals surface area contributed by atoms with Crippen LogP contribution in [0.3, 0.4) is 0 Å². The maximum Gasteiger partial charge on any atom is 0.326 e. The number of rotatable bonds is 7. The molecule has 3 aromatic rings. The standard InChI is InChI=1S/C25H24ClN3O6/c1-29(24(31)15-8-6-5-7-9-15)19-14-17(10-11-18(19)26)27-25(32)28-23(30)16-12-20(33-2)22(35-4)21(13-16)34-3/h5-14H,1-4H3,(H2,27,28,30,32). The highest BCUT2D eigenvalue weighted by molar-refractivity contribution is 6.34. The first-order valence-corrected chi connectivity index (χ1v) is 10.7. The lowest BCUT2D eigenvalue weighted by Gasteiger charge is -2.20. The van der Waals surface area contributed by atoms with Crippen molar-refractivity contribution in [2.75, 3.05) is 38.6 Å². The van der Waals surface area contributed by atoms with Crippen molar-refractivity contribution in [2.24, 2.45) is 0 Å². The van der Waals surface area contributed by atoms with Crippen LogP contribution in [0, 0.1) is 0 Å². The zero-order valence-electron chi connectivity index (χ0n) is 19.5. The Labute approximate surface area is 207 Å². The van der Waals surface area contributed by atoms with Crippen LogP contribution in [-0.4, -0.2) is 46.2 Å². The van der Waals surface area contributed by atoms with E-state index in [0.717, 1.165) is 0 Å². The number of halogens is 1. The number of amides is 4. The number of benzene rings is 3. The van der Waals surface area contributed by atoms with E-state index in [1.54, 1.807) is 43.4 Å². The third kappa shape index (κ3) is 5.82. The molecule has 0 saturated carbocycles. The molecule has 0 heterocycles. The molecule has 0 unspecified atom stereocenters. The molecule has 0 saturated heterocycles. The highest BCUT2D eigenvalue weighted by atomic mass is 35.5. The summed E-state index contributed by atoms with van der Waals surface area (Å²) in [7, 11) is 5.86. The van der Waals surface area contributed by atoms with Gasteiger partial charge in [-0.1, -0.05) is 29.8 Å². The van der Waals surface area contributed by atoms with Crippen molar-refractivity contribution < 1.29 is 28.6 Å². The summed E-state index contributed by atoms with van der Waals surface area (Å²) in [6, 6.07) is 15.4. The van der Waals surface area contributed by atoms with E-state index in [-0.39, 0.29) is 23.0 Å². The van der Waals surface area contributed by atoms with Gasteiger partial charge in [0.2, 0.25) is 5.75 Å². The van der Waals surface area contributed by atoms with Crippen LogP contribution in [0.15, 0.2) is 60.7 Å². The Morgan fingerprint density at radius 2 is 1.46 bits per heavy atom. The first kappa shape index (κ1) is 25.4. The summed E-state index contributed by atoms with van der Waals surface area (Å²) < 4.78 is 15.7. The zero-order valence-corrected chi connectivity index (χ0v) is 20.3. The molecule has 0 aromatic heterocycles. The van der Waals surface area contributed by atoms with Gasteiger partial charge in [0.05, 0.1) is 32.0 Å². The van der Waals surface area contributed by atoms with Crippen LogP contribution in [0.5, 0.6) is 17.2 Å². The molecule has 3 aromatic carbocycles. The number of nitrogens with zero attached hydrogens (tertiary/aromatic N) is 1. The molecular weight excluding hydrogens is 474 g/mol. The second kappa shape index (κ2) is 11.3. The van der Waals surface area contributed by atoms with Crippen LogP contribution in [0.1, 0.15) is 20.7 Å². The van der Waals surface area contributed by atoms with Gasteiger partial charge in [-0.15, -0.1) is 0 Å². The molecule has 0 bridgehead atoms. The van der Waals surface area contributed by atoms with E-state index in [4.69, 9.17) is 25.8 Å². The zero-order chi connectivity index (χ0) is 25.5. The van der Waals surface area contributed by atoms with Gasteiger partial charge in [-0.2, -0.15) is 0 Å². The fourth-order valence-electron chi connectivity index (χ4n) is 3.28. The van der Waals surface area contributed by atoms with Gasteiger partial charge in [-0.05, 0) is 42.5 Å². The van der Waals surface area contributed by atoms with Crippen molar-refractivity contribution >= 4 is 40.8 Å². The van der Waals surface area contributed by atoms with Gasteiger partial charge in [0.15, 0.2) is 11.5 Å². The van der Waals surface area contributed by atoms with E-state index in [2.05, 4.69) is 10.6 Å². The van der Waals surface area contributed by atoms with Crippen molar-refractivity contribution in [3.63, 3.8) is 0 Å². The average Bonchev–Trinajstić information content (AvgIpc) is 2.88. The first-order valence-electron chi connectivity index (χ1n) is 10.3. The predicted molar refractivity (Wildman–Crippen MR) is 133 cm³/mol. The van der Waals surface area contributed by atoms with Crippen LogP contribution in [0.25, 0.3) is 0 Å². The molecular formula is C25H24ClN3O6. The predicted octanol–water partition coefficient (Wildman–Crippen LogP) is 4.60. The van der Waals surface area contributed by atoms with Gasteiger partial charge < -0.3 is 24.4 Å². The summed E-state index contributed by atoms with van der Waals surface area (Å²) in [6.07, 6.45) is 0. The van der Waals surface area contributed by atoms with E-state index in [9.17, 15) is 14.4 Å². The molecule has 0 aliphatic carbocycles. The molecule has 182 valence electrons. The number of hydrogen-bond donors (Lipinski definition) is 2. The molecule has 35 heavy (non-hydrogen) atoms. The first-order chi connectivity index (χ1) is 16.8. The van der Waals surface area contributed by atoms with E-state index in [0.29, 0.717) is 27.7 Å². The van der Waals surface area contributed by atoms with E-state index < -0.39 is 11.9 Å². The number of urea groups is 1. The fourth-order valence-corrected chi connectivity index (χ4v) is 3.53. The minimum absolute atomic E-state index is 0.125. The number of methoxy groups -OCH3 is 3. The molecule has 0 atom stereocenters. The Morgan fingerprint density at radius 1 is 0.829 bits per heavy atom. The Bertz CT molecular complexity index is 1220. The molecule has 9 nitrogen and oxygen atoms in total. The van der Waals surface area contributed by atoms with E-state index in [1.165, 1.54) is 44.4 Å². The summed E-state index contributed by atoms with van der Waals surface area (Å²) in [5.74, 6) is -0.102. The molecule has 4 amide bonds. The molecule has 0 fully saturated rings. The summed E-state index contributed by atoms with van der Waals surface area (Å²) >= 11 is 6.30. The number of imide groups is 1. The smallest absolute Gasteiger partial charge is 0.326 e. The van der Waals surface area contributed by atoms with Gasteiger partial charge in [0.1, 0.15) is 0 Å². The number of hydrogen-bond acceptors (Lipinski definition) is 6. The normalized spacial score (nSPS) is 10.2. The van der Waals surface area contributed by atoms with Crippen LogP contribution in [-0.2, 0) is 0 Å². The van der Waals surface area contributed by atoms with Crippen molar-refractivity contribution in [1.82, 2.24) is 5.32 Å². The Kier molecular flexibility index (Phi) is 8.17. The molecule has 0 radical (unpaired) electrons. The number of ether oxygens (including phenoxy) is 3. The van der Waals surface area contributed by atoms with Crippen molar-refractivity contribution in [3.05, 3.63) is 76.8 Å². The molecule has 10 heteroatoms. The van der Waals surface area contributed by atoms with Gasteiger partial charge in [0.25, 0.3) is 11.8 Å². The lowest BCUT2D eigenvalue weighted by Crippen LogP contribution is -2.34.